The maximum absolute atomic E-state index is 13.9. The molecule has 2 aromatic heterocycles. The third kappa shape index (κ3) is 22.6. The number of carboxylic acid groups (broad SMARTS) is 1. The molecule has 2 saturated heterocycles. The number of nitro groups is 2. The molecule has 6 unspecified atom stereocenters. The minimum Gasteiger partial charge on any atom is -0.493 e. The van der Waals surface area contributed by atoms with Crippen LogP contribution in [0, 0.1) is 47.9 Å². The smallest absolute Gasteiger partial charge is 0.423 e. The van der Waals surface area contributed by atoms with Crippen molar-refractivity contribution in [2.24, 2.45) is 15.8 Å². The first-order valence-electron chi connectivity index (χ1n) is 46.4. The normalized spacial score (nSPS) is 19.1. The van der Waals surface area contributed by atoms with E-state index in [1.807, 2.05) is 62.4 Å². The lowest BCUT2D eigenvalue weighted by Gasteiger charge is -2.32. The molecule has 8 aromatic rings. The molecule has 8 aliphatic heterocycles. The Bertz CT molecular complexity index is 6570. The second-order valence-electron chi connectivity index (χ2n) is 35.0. The summed E-state index contributed by atoms with van der Waals surface area (Å²) < 4.78 is 42.2. The summed E-state index contributed by atoms with van der Waals surface area (Å²) in [5, 5.41) is 51.2. The zero-order valence-electron chi connectivity index (χ0n) is 80.5. The average molecular weight is 2070 g/mol. The molecule has 11 amide bonds. The van der Waals surface area contributed by atoms with Crippen molar-refractivity contribution in [3.05, 3.63) is 216 Å². The van der Waals surface area contributed by atoms with Gasteiger partial charge >= 0.3 is 18.2 Å². The summed E-state index contributed by atoms with van der Waals surface area (Å²) in [7, 11) is 5.15. The number of ketones is 2. The Labute approximate surface area is 848 Å². The minimum absolute atomic E-state index is 0.00593. The van der Waals surface area contributed by atoms with Gasteiger partial charge in [-0.3, -0.25) is 108 Å². The number of aliphatic imine (C=N–C) groups is 1. The molecule has 16 rings (SSSR count). The van der Waals surface area contributed by atoms with E-state index in [4.69, 9.17) is 71.8 Å². The number of amidine groups is 2. The van der Waals surface area contributed by atoms with Gasteiger partial charge in [0, 0.05) is 75.6 Å². The van der Waals surface area contributed by atoms with Gasteiger partial charge in [-0.1, -0.05) is 72.4 Å². The summed E-state index contributed by atoms with van der Waals surface area (Å²) in [5.74, 6) is -7.33. The molecule has 8 atom stereocenters. The molecule has 6 aromatic carbocycles. The van der Waals surface area contributed by atoms with Gasteiger partial charge in [0.1, 0.15) is 77.8 Å². The highest BCUT2D eigenvalue weighted by Crippen LogP contribution is 2.50. The van der Waals surface area contributed by atoms with Gasteiger partial charge in [0.05, 0.1) is 121 Å². The number of ether oxygens (including phenoxy) is 8. The molecule has 10 heterocycles. The van der Waals surface area contributed by atoms with E-state index in [2.05, 4.69) is 64.0 Å². The summed E-state index contributed by atoms with van der Waals surface area (Å²) >= 11 is 15.8. The summed E-state index contributed by atoms with van der Waals surface area (Å²) in [6.07, 6.45) is 0.0635. The van der Waals surface area contributed by atoms with Crippen molar-refractivity contribution >= 4 is 162 Å². The van der Waals surface area contributed by atoms with E-state index < -0.39 is 131 Å². The van der Waals surface area contributed by atoms with Gasteiger partial charge in [-0.05, 0) is 170 Å². The average Bonchev–Trinajstić information content (AvgIpc) is 1.60. The summed E-state index contributed by atoms with van der Waals surface area (Å²) in [4.78, 5) is 219. The number of hydrazone groups is 1. The monoisotopic (exact) mass is 2070 g/mol. The van der Waals surface area contributed by atoms with Gasteiger partial charge in [0.2, 0.25) is 17.7 Å². The molecular weight excluding hydrogens is 1970 g/mol. The van der Waals surface area contributed by atoms with Crippen LogP contribution in [-0.4, -0.2) is 227 Å². The fourth-order valence-electron chi connectivity index (χ4n) is 18.5. The number of Topliss-reactive ketones (excluding diaryl/α,β-unsaturated/α-hetero) is 2. The molecule has 145 heavy (non-hydrogen) atoms. The van der Waals surface area contributed by atoms with Crippen molar-refractivity contribution in [3.8, 4) is 34.5 Å². The number of thiophene rings is 2. The number of unbranched alkanes of at least 4 members (excludes halogenated alkanes) is 4. The third-order valence-corrected chi connectivity index (χ3v) is 29.0. The molecule has 764 valence electrons. The van der Waals surface area contributed by atoms with E-state index in [9.17, 15) is 92.5 Å². The van der Waals surface area contributed by atoms with Gasteiger partial charge in [0.15, 0.2) is 34.6 Å². The Morgan fingerprint density at radius 1 is 0.531 bits per heavy atom. The van der Waals surface area contributed by atoms with Gasteiger partial charge in [-0.15, -0.1) is 22.7 Å². The Morgan fingerprint density at radius 3 is 1.40 bits per heavy atom. The number of halogens is 2. The number of carboxylic acids is 1. The van der Waals surface area contributed by atoms with Crippen LogP contribution >= 0.6 is 45.9 Å². The van der Waals surface area contributed by atoms with E-state index in [-0.39, 0.29) is 177 Å². The number of methoxy groups -OCH3 is 4. The van der Waals surface area contributed by atoms with Crippen LogP contribution in [0.25, 0.3) is 0 Å². The Balaban J connectivity index is 0.000000193. The molecule has 0 aliphatic carbocycles. The molecule has 0 spiro atoms. The molecule has 0 saturated carbocycles. The molecule has 0 bridgehead atoms. The molecule has 7 N–H and O–H groups in total. The molecule has 8 aliphatic rings. The highest BCUT2D eigenvalue weighted by Gasteiger charge is 2.54. The number of nitrogens with one attached hydrogen (secondary N) is 4. The van der Waals surface area contributed by atoms with Crippen LogP contribution in [0.2, 0.25) is 10.0 Å². The number of nitrogens with two attached hydrogens (primary N) is 1. The topological polar surface area (TPSA) is 538 Å². The minimum atomic E-state index is -1.58. The van der Waals surface area contributed by atoms with Gasteiger partial charge in [-0.2, -0.15) is 14.9 Å². The SMILES string of the molecule is CC1=NNC2[C@H](CC(=O)O)NC(c3ccc(Cl)cc3)c3c(sc(C)c3C)N12.COc1cc(COC(=O)N2C(=O)CCC(N3C(=O)c4cccc(OCC(=O)CCCCCN)c4C3=O)C2=O)c([N+](=O)[O-])cc1OC.COc1cc(COC(=O)N2C(=O)CCC(N3C(=O)c4cccc(OCC(=O)CCCCCNC(=O)C[C@@H]5NC(c6ccc(Cl)cc6)c6c(sc(C)c6C)N6C(C)=NCC56)c4C3=O)C2=O)c([N+](=O)[O-])cc1OC. The van der Waals surface area contributed by atoms with Crippen molar-refractivity contribution in [3.63, 3.8) is 0 Å². The lowest BCUT2D eigenvalue weighted by Crippen LogP contribution is -2.57. The van der Waals surface area contributed by atoms with Crippen molar-refractivity contribution in [1.29, 1.82) is 0 Å². The lowest BCUT2D eigenvalue weighted by molar-refractivity contribution is -0.386. The number of amides is 11. The standard InChI is InChI=1S/C50H52ClN7O13S.C30H32N4O12.C19H21ClN4O2S/c1-26-27(2)72-49-43(26)45(29-13-15-31(51)16-14-29)54-34(37-23-53-28(3)55(37)49)21-41(60)52-19-8-6-7-10-32(59)25-70-38-12-9-11-33-44(38)48(64)56(46(33)62)35-17-18-42(61)57(47(35)63)50(65)71-24-30-20-39(68-4)40(69-5)22-36(30)58(66)67;1-43-23-13-17(21(34(41)42)14-24(23)44-2)15-46-30(40)33-25(36)11-10-20(28(33)38)32-27(37)19-8-6-9-22(26(19)29(32)39)45-16-18(35)7-4-3-5-12-31;1-9-10(2)27-19-16(9)17(12-4-6-13(20)7-5-12)21-14(8-15(25)26)18-23-22-11(3)24(18)19/h9,11-16,20,22,34-35,37,45,54H,6-8,10,17-19,21,23-25H2,1-5H3,(H,52,60);6,8-9,13-14,20H,3-5,7,10-12,15-16,31H2,1-2H3;4-7,14,17-18,21,23H,8H2,1-3H3,(H,25,26)/t34-,35?,37?,45?;;14-,17?,18?/m0.0/s1. The van der Waals surface area contributed by atoms with Crippen molar-refractivity contribution in [2.45, 2.75) is 193 Å². The van der Waals surface area contributed by atoms with Crippen LogP contribution in [0.15, 0.2) is 119 Å². The largest absolute Gasteiger partial charge is 0.493 e. The number of carbonyl (C=O) groups excluding carboxylic acids is 13. The molecular formula is C99H105Cl2N15O27S2. The third-order valence-electron chi connectivity index (χ3n) is 26.1. The van der Waals surface area contributed by atoms with E-state index in [1.54, 1.807) is 22.7 Å². The summed E-state index contributed by atoms with van der Waals surface area (Å²) in [6, 6.07) is 24.5. The van der Waals surface area contributed by atoms with Crippen LogP contribution in [0.5, 0.6) is 34.5 Å². The van der Waals surface area contributed by atoms with E-state index in [1.165, 1.54) is 109 Å². The Morgan fingerprint density at radius 2 is 0.966 bits per heavy atom. The van der Waals surface area contributed by atoms with Gasteiger partial charge < -0.3 is 64.3 Å². The van der Waals surface area contributed by atoms with Crippen molar-refractivity contribution in [2.75, 3.05) is 71.1 Å². The maximum Gasteiger partial charge on any atom is 0.423 e. The fourth-order valence-corrected chi connectivity index (χ4v) is 21.3. The van der Waals surface area contributed by atoms with Crippen LogP contribution in [-0.2, 0) is 61.0 Å². The highest BCUT2D eigenvalue weighted by atomic mass is 35.5. The molecule has 42 nitrogen and oxygen atoms in total. The summed E-state index contributed by atoms with van der Waals surface area (Å²) in [6.45, 7) is 11.7. The van der Waals surface area contributed by atoms with E-state index in [0.29, 0.717) is 65.2 Å². The number of aryl methyl sites for hydroxylation is 2. The number of piperidine rings is 2. The second kappa shape index (κ2) is 46.3. The molecule has 0 radical (unpaired) electrons. The first kappa shape index (κ1) is 106. The predicted octanol–water partition coefficient (Wildman–Crippen LogP) is 12.9. The van der Waals surface area contributed by atoms with Crippen LogP contribution in [0.1, 0.15) is 212 Å². The first-order valence-corrected chi connectivity index (χ1v) is 48.8. The second-order valence-corrected chi connectivity index (χ2v) is 38.3. The van der Waals surface area contributed by atoms with Crippen LogP contribution in [0.3, 0.4) is 0 Å². The number of carbonyl (C=O) groups is 14. The van der Waals surface area contributed by atoms with Crippen LogP contribution < -0.4 is 65.3 Å². The Hall–Kier alpha value is -14.7. The zero-order valence-corrected chi connectivity index (χ0v) is 83.7. The van der Waals surface area contributed by atoms with Crippen molar-refractivity contribution < 1.29 is 120 Å². The molecule has 46 heteroatoms. The maximum atomic E-state index is 13.9. The number of aliphatic carboxylic acids is 1. The number of hydrogen-bond donors (Lipinski definition) is 6. The van der Waals surface area contributed by atoms with Gasteiger partial charge in [0.25, 0.3) is 46.8 Å². The highest BCUT2D eigenvalue weighted by molar-refractivity contribution is 7.17. The number of anilines is 2. The number of hydrogen-bond acceptors (Lipinski definition) is 36. The quantitative estimate of drug-likeness (QED) is 0.00930. The molecule has 2 fully saturated rings. The number of likely N-dealkylation sites (tertiary alicyclic amines) is 2. The number of nitro benzene ring substituents is 2. The lowest BCUT2D eigenvalue weighted by atomic mass is 9.95. The van der Waals surface area contributed by atoms with Crippen molar-refractivity contribution in [1.82, 2.24) is 41.0 Å². The van der Waals surface area contributed by atoms with E-state index >= 15 is 0 Å². The van der Waals surface area contributed by atoms with Crippen LogP contribution in [0.4, 0.5) is 31.0 Å². The number of benzene rings is 6. The number of imide groups is 8. The summed E-state index contributed by atoms with van der Waals surface area (Å²) in [5.41, 5.74) is 13.8. The number of fused-ring (bicyclic) bond motifs is 8. The fraction of sp³-hybridized carbons (Fsp3) is 0.394. The number of nitrogens with zero attached hydrogens (tertiary/aromatic N) is 10. The first-order chi connectivity index (χ1) is 69.4. The van der Waals surface area contributed by atoms with E-state index in [0.717, 1.165) is 57.8 Å². The zero-order chi connectivity index (χ0) is 104. The number of rotatable bonds is 35. The van der Waals surface area contributed by atoms with Gasteiger partial charge in [-0.25, -0.2) is 9.59 Å². The Kier molecular flexibility index (Phi) is 33.9. The predicted molar refractivity (Wildman–Crippen MR) is 528 cm³/mol.